The second-order valence-corrected chi connectivity index (χ2v) is 6.56. The van der Waals surface area contributed by atoms with Gasteiger partial charge >= 0.3 is 0 Å². The molecule has 0 amide bonds. The Morgan fingerprint density at radius 2 is 1.85 bits per heavy atom. The lowest BCUT2D eigenvalue weighted by molar-refractivity contribution is 0.123. The molecule has 2 heterocycles. The predicted molar refractivity (Wildman–Crippen MR) is 108 cm³/mol. The monoisotopic (exact) mass is 355 g/mol. The van der Waals surface area contributed by atoms with Crippen molar-refractivity contribution < 1.29 is 4.74 Å². The normalized spacial score (nSPS) is 14.3. The summed E-state index contributed by atoms with van der Waals surface area (Å²) in [6, 6.07) is 10.3. The van der Waals surface area contributed by atoms with Gasteiger partial charge < -0.3 is 20.3 Å². The molecule has 1 fully saturated rings. The van der Waals surface area contributed by atoms with E-state index in [1.807, 2.05) is 19.1 Å². The fourth-order valence-corrected chi connectivity index (χ4v) is 3.11. The number of unbranched alkanes of at least 4 members (excludes halogenated alkanes) is 2. The molecule has 2 aromatic rings. The third kappa shape index (κ3) is 5.08. The van der Waals surface area contributed by atoms with Gasteiger partial charge in [-0.25, -0.2) is 9.97 Å². The second kappa shape index (κ2) is 9.38. The molecule has 1 saturated heterocycles. The highest BCUT2D eigenvalue weighted by Crippen LogP contribution is 2.29. The van der Waals surface area contributed by atoms with Gasteiger partial charge in [0.15, 0.2) is 0 Å². The Labute approximate surface area is 156 Å². The third-order valence-corrected chi connectivity index (χ3v) is 4.44. The van der Waals surface area contributed by atoms with Crippen LogP contribution in [0.2, 0.25) is 0 Å². The number of anilines is 4. The summed E-state index contributed by atoms with van der Waals surface area (Å²) >= 11 is 0. The first-order valence-corrected chi connectivity index (χ1v) is 9.54. The van der Waals surface area contributed by atoms with Gasteiger partial charge in [-0.3, -0.25) is 0 Å². The van der Waals surface area contributed by atoms with Gasteiger partial charge in [0.2, 0.25) is 0 Å². The summed E-state index contributed by atoms with van der Waals surface area (Å²) in [4.78, 5) is 11.4. The van der Waals surface area contributed by atoms with Crippen molar-refractivity contribution in [3.05, 3.63) is 36.2 Å². The van der Waals surface area contributed by atoms with Crippen LogP contribution in [0, 0.1) is 6.92 Å². The third-order valence-electron chi connectivity index (χ3n) is 4.44. The molecular weight excluding hydrogens is 326 g/mol. The number of nitrogens with zero attached hydrogens (tertiary/aromatic N) is 3. The molecule has 0 unspecified atom stereocenters. The number of rotatable bonds is 8. The molecule has 6 heteroatoms. The van der Waals surface area contributed by atoms with Crippen molar-refractivity contribution in [3.63, 3.8) is 0 Å². The predicted octanol–water partition coefficient (Wildman–Crippen LogP) is 3.97. The standard InChI is InChI=1S/C20H29N5O/c1-3-4-7-10-21-19-15-20(23-16(2)22-19)24-17-8-5-6-9-18(17)25-11-13-26-14-12-25/h5-6,8-9,15H,3-4,7,10-14H2,1-2H3,(H2,21,22,23,24). The van der Waals surface area contributed by atoms with Crippen LogP contribution in [0.3, 0.4) is 0 Å². The molecule has 0 aliphatic carbocycles. The Balaban J connectivity index is 1.73. The maximum atomic E-state index is 5.47. The Morgan fingerprint density at radius 1 is 1.08 bits per heavy atom. The van der Waals surface area contributed by atoms with Crippen LogP contribution in [-0.2, 0) is 4.74 Å². The molecule has 1 aliphatic rings. The molecule has 140 valence electrons. The summed E-state index contributed by atoms with van der Waals surface area (Å²) in [6.45, 7) is 8.43. The van der Waals surface area contributed by atoms with E-state index in [9.17, 15) is 0 Å². The van der Waals surface area contributed by atoms with E-state index in [0.29, 0.717) is 0 Å². The number of morpholine rings is 1. The first-order valence-electron chi connectivity index (χ1n) is 9.54. The molecule has 3 rings (SSSR count). The Kier molecular flexibility index (Phi) is 6.66. The SMILES string of the molecule is CCCCCNc1cc(Nc2ccccc2N2CCOCC2)nc(C)n1. The minimum absolute atomic E-state index is 0.761. The molecule has 0 spiro atoms. The van der Waals surface area contributed by atoms with Gasteiger partial charge in [-0.2, -0.15) is 0 Å². The van der Waals surface area contributed by atoms with Crippen molar-refractivity contribution in [3.8, 4) is 0 Å². The summed E-state index contributed by atoms with van der Waals surface area (Å²) in [5, 5.41) is 6.89. The van der Waals surface area contributed by atoms with Crippen LogP contribution >= 0.6 is 0 Å². The van der Waals surface area contributed by atoms with Crippen molar-refractivity contribution >= 4 is 23.0 Å². The summed E-state index contributed by atoms with van der Waals surface area (Å²) in [5.74, 6) is 2.45. The largest absolute Gasteiger partial charge is 0.378 e. The highest BCUT2D eigenvalue weighted by molar-refractivity contribution is 5.74. The van der Waals surface area contributed by atoms with Crippen molar-refractivity contribution in [1.29, 1.82) is 0 Å². The summed E-state index contributed by atoms with van der Waals surface area (Å²) in [7, 11) is 0. The fourth-order valence-electron chi connectivity index (χ4n) is 3.11. The topological polar surface area (TPSA) is 62.3 Å². The Morgan fingerprint density at radius 3 is 2.65 bits per heavy atom. The van der Waals surface area contributed by atoms with Gasteiger partial charge in [0.1, 0.15) is 17.5 Å². The van der Waals surface area contributed by atoms with Crippen LogP contribution in [0.4, 0.5) is 23.0 Å². The Bertz CT molecular complexity index is 700. The maximum absolute atomic E-state index is 5.47. The molecule has 26 heavy (non-hydrogen) atoms. The molecular formula is C20H29N5O. The van der Waals surface area contributed by atoms with Gasteiger partial charge in [0.05, 0.1) is 24.6 Å². The van der Waals surface area contributed by atoms with Crippen molar-refractivity contribution in [2.75, 3.05) is 48.4 Å². The minimum atomic E-state index is 0.761. The van der Waals surface area contributed by atoms with Crippen LogP contribution in [0.1, 0.15) is 32.0 Å². The van der Waals surface area contributed by atoms with E-state index in [2.05, 4.69) is 50.6 Å². The highest BCUT2D eigenvalue weighted by Gasteiger charge is 2.15. The zero-order chi connectivity index (χ0) is 18.2. The molecule has 0 saturated carbocycles. The smallest absolute Gasteiger partial charge is 0.136 e. The quantitative estimate of drug-likeness (QED) is 0.699. The number of benzene rings is 1. The minimum Gasteiger partial charge on any atom is -0.378 e. The number of nitrogens with one attached hydrogen (secondary N) is 2. The zero-order valence-electron chi connectivity index (χ0n) is 15.8. The van der Waals surface area contributed by atoms with Crippen molar-refractivity contribution in [2.45, 2.75) is 33.1 Å². The summed E-state index contributed by atoms with van der Waals surface area (Å²) in [5.41, 5.74) is 2.24. The number of hydrogen-bond donors (Lipinski definition) is 2. The molecule has 1 aromatic carbocycles. The van der Waals surface area contributed by atoms with Crippen LogP contribution in [-0.4, -0.2) is 42.8 Å². The number of aromatic nitrogens is 2. The molecule has 0 radical (unpaired) electrons. The molecule has 0 atom stereocenters. The highest BCUT2D eigenvalue weighted by atomic mass is 16.5. The van der Waals surface area contributed by atoms with E-state index >= 15 is 0 Å². The molecule has 6 nitrogen and oxygen atoms in total. The number of aryl methyl sites for hydroxylation is 1. The average Bonchev–Trinajstić information content (AvgIpc) is 2.66. The maximum Gasteiger partial charge on any atom is 0.136 e. The van der Waals surface area contributed by atoms with Crippen LogP contribution in [0.5, 0.6) is 0 Å². The zero-order valence-corrected chi connectivity index (χ0v) is 15.8. The van der Waals surface area contributed by atoms with E-state index in [1.54, 1.807) is 0 Å². The van der Waals surface area contributed by atoms with E-state index < -0.39 is 0 Å². The summed E-state index contributed by atoms with van der Waals surface area (Å²) < 4.78 is 5.47. The van der Waals surface area contributed by atoms with Crippen molar-refractivity contribution in [2.24, 2.45) is 0 Å². The fraction of sp³-hybridized carbons (Fsp3) is 0.500. The van der Waals surface area contributed by atoms with E-state index in [0.717, 1.165) is 62.4 Å². The van der Waals surface area contributed by atoms with Crippen molar-refractivity contribution in [1.82, 2.24) is 9.97 Å². The molecule has 1 aliphatic heterocycles. The lowest BCUT2D eigenvalue weighted by Crippen LogP contribution is -2.36. The molecule has 0 bridgehead atoms. The van der Waals surface area contributed by atoms with Crippen LogP contribution in [0.15, 0.2) is 30.3 Å². The van der Waals surface area contributed by atoms with Gasteiger partial charge in [0, 0.05) is 25.7 Å². The van der Waals surface area contributed by atoms with Gasteiger partial charge in [-0.1, -0.05) is 31.9 Å². The lowest BCUT2D eigenvalue weighted by Gasteiger charge is -2.30. The average molecular weight is 355 g/mol. The summed E-state index contributed by atoms with van der Waals surface area (Å²) in [6.07, 6.45) is 3.60. The Hall–Kier alpha value is -2.34. The van der Waals surface area contributed by atoms with Crippen LogP contribution < -0.4 is 15.5 Å². The van der Waals surface area contributed by atoms with E-state index in [1.165, 1.54) is 18.5 Å². The second-order valence-electron chi connectivity index (χ2n) is 6.56. The van der Waals surface area contributed by atoms with E-state index in [-0.39, 0.29) is 0 Å². The first kappa shape index (κ1) is 18.5. The van der Waals surface area contributed by atoms with Gasteiger partial charge in [0.25, 0.3) is 0 Å². The number of ether oxygens (including phenoxy) is 1. The van der Waals surface area contributed by atoms with Crippen LogP contribution in [0.25, 0.3) is 0 Å². The first-order chi connectivity index (χ1) is 12.8. The number of hydrogen-bond acceptors (Lipinski definition) is 6. The lowest BCUT2D eigenvalue weighted by atomic mass is 10.2. The molecule has 2 N–H and O–H groups in total. The van der Waals surface area contributed by atoms with Gasteiger partial charge in [-0.05, 0) is 25.5 Å². The number of para-hydroxylation sites is 2. The van der Waals surface area contributed by atoms with Gasteiger partial charge in [-0.15, -0.1) is 0 Å². The van der Waals surface area contributed by atoms with E-state index in [4.69, 9.17) is 4.74 Å². The molecule has 1 aromatic heterocycles.